The third-order valence-corrected chi connectivity index (χ3v) is 5.78. The van der Waals surface area contributed by atoms with E-state index in [1.165, 1.54) is 42.0 Å². The molecule has 1 N–H and O–H groups in total. The highest BCUT2D eigenvalue weighted by Crippen LogP contribution is 2.29. The Morgan fingerprint density at radius 1 is 1.31 bits per heavy atom. The first-order valence-corrected chi connectivity index (χ1v) is 9.92. The Balaban J connectivity index is 1.52. The average molecular weight is 376 g/mol. The summed E-state index contributed by atoms with van der Waals surface area (Å²) in [6.45, 7) is 4.92. The molecule has 1 saturated heterocycles. The third-order valence-electron chi connectivity index (χ3n) is 4.81. The maximum Gasteiger partial charge on any atom is 0.258 e. The molecule has 140 valence electrons. The molecule has 0 spiro atoms. The van der Waals surface area contributed by atoms with Gasteiger partial charge in [-0.15, -0.1) is 11.3 Å². The maximum atomic E-state index is 12.9. The molecule has 4 nitrogen and oxygen atoms in total. The Hall–Kier alpha value is -1.92. The minimum atomic E-state index is -0.323. The molecule has 1 aliphatic heterocycles. The number of piperidine rings is 1. The number of benzene rings is 1. The first kappa shape index (κ1) is 18.9. The Morgan fingerprint density at radius 2 is 2.04 bits per heavy atom. The lowest BCUT2D eigenvalue weighted by Crippen LogP contribution is -2.42. The van der Waals surface area contributed by atoms with Crippen LogP contribution < -0.4 is 10.1 Å². The van der Waals surface area contributed by atoms with Gasteiger partial charge in [0.1, 0.15) is 11.6 Å². The minimum Gasteiger partial charge on any atom is -0.484 e. The van der Waals surface area contributed by atoms with Gasteiger partial charge in [-0.05, 0) is 67.6 Å². The molecule has 0 bridgehead atoms. The molecule has 0 saturated carbocycles. The Bertz CT molecular complexity index is 682. The number of hydrogen-bond donors (Lipinski definition) is 1. The SMILES string of the molecule is CC1CCN(C(CNC(=O)COc2ccc(F)cc2)c2cccs2)CC1. The average Bonchev–Trinajstić information content (AvgIpc) is 3.17. The van der Waals surface area contributed by atoms with Gasteiger partial charge in [0.25, 0.3) is 5.91 Å². The molecule has 1 amide bonds. The lowest BCUT2D eigenvalue weighted by molar-refractivity contribution is -0.123. The summed E-state index contributed by atoms with van der Waals surface area (Å²) in [6.07, 6.45) is 2.40. The topological polar surface area (TPSA) is 41.6 Å². The highest BCUT2D eigenvalue weighted by Gasteiger charge is 2.25. The van der Waals surface area contributed by atoms with E-state index in [9.17, 15) is 9.18 Å². The van der Waals surface area contributed by atoms with E-state index in [1.807, 2.05) is 0 Å². The van der Waals surface area contributed by atoms with Crippen molar-refractivity contribution in [3.8, 4) is 5.75 Å². The second-order valence-electron chi connectivity index (χ2n) is 6.80. The lowest BCUT2D eigenvalue weighted by Gasteiger charge is -2.36. The zero-order chi connectivity index (χ0) is 18.4. The van der Waals surface area contributed by atoms with Gasteiger partial charge < -0.3 is 10.1 Å². The molecule has 1 aromatic carbocycles. The van der Waals surface area contributed by atoms with Crippen molar-refractivity contribution in [3.63, 3.8) is 0 Å². The molecular weight excluding hydrogens is 351 g/mol. The number of rotatable bonds is 7. The largest absolute Gasteiger partial charge is 0.484 e. The fraction of sp³-hybridized carbons (Fsp3) is 0.450. The normalized spacial score (nSPS) is 17.0. The van der Waals surface area contributed by atoms with E-state index in [1.54, 1.807) is 11.3 Å². The summed E-state index contributed by atoms with van der Waals surface area (Å²) in [5, 5.41) is 5.07. The number of nitrogens with zero attached hydrogens (tertiary/aromatic N) is 1. The van der Waals surface area contributed by atoms with Crippen molar-refractivity contribution in [1.82, 2.24) is 10.2 Å². The van der Waals surface area contributed by atoms with Gasteiger partial charge in [0.2, 0.25) is 0 Å². The van der Waals surface area contributed by atoms with Gasteiger partial charge in [0.05, 0.1) is 6.04 Å². The number of likely N-dealkylation sites (tertiary alicyclic amines) is 1. The zero-order valence-corrected chi connectivity index (χ0v) is 15.8. The number of nitrogens with one attached hydrogen (secondary N) is 1. The fourth-order valence-electron chi connectivity index (χ4n) is 3.17. The fourth-order valence-corrected chi connectivity index (χ4v) is 4.03. The monoisotopic (exact) mass is 376 g/mol. The van der Waals surface area contributed by atoms with Gasteiger partial charge in [-0.25, -0.2) is 4.39 Å². The van der Waals surface area contributed by atoms with E-state index in [4.69, 9.17) is 4.74 Å². The van der Waals surface area contributed by atoms with Crippen molar-refractivity contribution in [2.75, 3.05) is 26.2 Å². The number of halogens is 1. The summed E-state index contributed by atoms with van der Waals surface area (Å²) in [6, 6.07) is 10.1. The number of carbonyl (C=O) groups is 1. The molecule has 6 heteroatoms. The van der Waals surface area contributed by atoms with E-state index in [2.05, 4.69) is 34.7 Å². The first-order valence-electron chi connectivity index (χ1n) is 9.04. The van der Waals surface area contributed by atoms with Crippen LogP contribution in [-0.2, 0) is 4.79 Å². The maximum absolute atomic E-state index is 12.9. The van der Waals surface area contributed by atoms with Gasteiger partial charge in [0.15, 0.2) is 6.61 Å². The molecule has 0 radical (unpaired) electrons. The number of amides is 1. The van der Waals surface area contributed by atoms with E-state index >= 15 is 0 Å². The number of thiophene rings is 1. The predicted molar refractivity (Wildman–Crippen MR) is 102 cm³/mol. The van der Waals surface area contributed by atoms with E-state index in [0.29, 0.717) is 12.3 Å². The molecule has 1 aliphatic rings. The molecule has 26 heavy (non-hydrogen) atoms. The van der Waals surface area contributed by atoms with E-state index in [-0.39, 0.29) is 24.4 Å². The van der Waals surface area contributed by atoms with Crippen molar-refractivity contribution < 1.29 is 13.9 Å². The smallest absolute Gasteiger partial charge is 0.258 e. The first-order chi connectivity index (χ1) is 12.6. The van der Waals surface area contributed by atoms with Crippen LogP contribution in [0.3, 0.4) is 0 Å². The lowest BCUT2D eigenvalue weighted by atomic mass is 9.97. The summed E-state index contributed by atoms with van der Waals surface area (Å²) in [5.41, 5.74) is 0. The molecule has 0 aliphatic carbocycles. The summed E-state index contributed by atoms with van der Waals surface area (Å²) < 4.78 is 18.3. The van der Waals surface area contributed by atoms with Gasteiger partial charge in [-0.3, -0.25) is 9.69 Å². The molecule has 2 heterocycles. The summed E-state index contributed by atoms with van der Waals surface area (Å²) in [5.74, 6) is 0.771. The van der Waals surface area contributed by atoms with E-state index in [0.717, 1.165) is 19.0 Å². The van der Waals surface area contributed by atoms with Crippen LogP contribution in [0, 0.1) is 11.7 Å². The van der Waals surface area contributed by atoms with Crippen molar-refractivity contribution in [1.29, 1.82) is 0 Å². The van der Waals surface area contributed by atoms with Gasteiger partial charge >= 0.3 is 0 Å². The van der Waals surface area contributed by atoms with Crippen molar-refractivity contribution >= 4 is 17.2 Å². The molecule has 1 atom stereocenters. The Kier molecular flexibility index (Phi) is 6.63. The van der Waals surface area contributed by atoms with Gasteiger partial charge in [-0.2, -0.15) is 0 Å². The Labute approximate surface area is 158 Å². The summed E-state index contributed by atoms with van der Waals surface area (Å²) in [4.78, 5) is 15.9. The van der Waals surface area contributed by atoms with Crippen molar-refractivity contribution in [2.24, 2.45) is 5.92 Å². The highest BCUT2D eigenvalue weighted by molar-refractivity contribution is 7.10. The molecule has 3 rings (SSSR count). The number of hydrogen-bond acceptors (Lipinski definition) is 4. The molecule has 1 aromatic heterocycles. The van der Waals surface area contributed by atoms with Crippen LogP contribution in [0.1, 0.15) is 30.7 Å². The highest BCUT2D eigenvalue weighted by atomic mass is 32.1. The zero-order valence-electron chi connectivity index (χ0n) is 15.0. The summed E-state index contributed by atoms with van der Waals surface area (Å²) >= 11 is 1.73. The molecule has 1 fully saturated rings. The third kappa shape index (κ3) is 5.29. The number of ether oxygens (including phenoxy) is 1. The van der Waals surface area contributed by atoms with E-state index < -0.39 is 0 Å². The van der Waals surface area contributed by atoms with Gasteiger partial charge in [-0.1, -0.05) is 13.0 Å². The molecule has 1 unspecified atom stereocenters. The summed E-state index contributed by atoms with van der Waals surface area (Å²) in [7, 11) is 0. The van der Waals surface area contributed by atoms with Gasteiger partial charge in [0, 0.05) is 11.4 Å². The van der Waals surface area contributed by atoms with Crippen LogP contribution in [0.15, 0.2) is 41.8 Å². The Morgan fingerprint density at radius 3 is 2.69 bits per heavy atom. The van der Waals surface area contributed by atoms with Crippen LogP contribution >= 0.6 is 11.3 Å². The van der Waals surface area contributed by atoms with Crippen LogP contribution in [0.5, 0.6) is 5.75 Å². The van der Waals surface area contributed by atoms with Crippen LogP contribution in [0.4, 0.5) is 4.39 Å². The van der Waals surface area contributed by atoms with Crippen molar-refractivity contribution in [3.05, 3.63) is 52.5 Å². The predicted octanol–water partition coefficient (Wildman–Crippen LogP) is 3.86. The molecular formula is C20H25FN2O2S. The van der Waals surface area contributed by atoms with Crippen LogP contribution in [-0.4, -0.2) is 37.0 Å². The second kappa shape index (κ2) is 9.14. The van der Waals surface area contributed by atoms with Crippen LogP contribution in [0.2, 0.25) is 0 Å². The quantitative estimate of drug-likeness (QED) is 0.798. The standard InChI is InChI=1S/C20H25FN2O2S/c1-15-8-10-23(11-9-15)18(19-3-2-12-26-19)13-22-20(24)14-25-17-6-4-16(21)5-7-17/h2-7,12,15,18H,8-11,13-14H2,1H3,(H,22,24). The van der Waals surface area contributed by atoms with Crippen LogP contribution in [0.25, 0.3) is 0 Å². The number of carbonyl (C=O) groups excluding carboxylic acids is 1. The molecule has 2 aromatic rings. The van der Waals surface area contributed by atoms with Crippen molar-refractivity contribution in [2.45, 2.75) is 25.8 Å². The second-order valence-corrected chi connectivity index (χ2v) is 7.78. The minimum absolute atomic E-state index is 0.0696.